The first-order valence-electron chi connectivity index (χ1n) is 11.2. The number of carbonyl (C=O) groups is 2. The van der Waals surface area contributed by atoms with Crippen LogP contribution in [0.2, 0.25) is 0 Å². The predicted octanol–water partition coefficient (Wildman–Crippen LogP) is 4.35. The van der Waals surface area contributed by atoms with Crippen molar-refractivity contribution in [2.75, 3.05) is 27.2 Å². The minimum atomic E-state index is -0.625. The Hall–Kier alpha value is -2.08. The van der Waals surface area contributed by atoms with E-state index in [1.807, 2.05) is 65.1 Å². The number of ether oxygens (including phenoxy) is 1. The van der Waals surface area contributed by atoms with Crippen LogP contribution >= 0.6 is 0 Å². The normalized spacial score (nSPS) is 17.8. The van der Waals surface area contributed by atoms with Crippen molar-refractivity contribution in [2.45, 2.75) is 71.4 Å². The maximum absolute atomic E-state index is 13.5. The Morgan fingerprint density at radius 2 is 1.70 bits per heavy atom. The highest BCUT2D eigenvalue weighted by atomic mass is 16.6. The summed E-state index contributed by atoms with van der Waals surface area (Å²) >= 11 is 0. The van der Waals surface area contributed by atoms with Crippen molar-refractivity contribution in [3.05, 3.63) is 35.9 Å². The lowest BCUT2D eigenvalue weighted by atomic mass is 9.90. The Morgan fingerprint density at radius 3 is 2.23 bits per heavy atom. The first kappa shape index (κ1) is 24.2. The molecule has 0 saturated carbocycles. The molecule has 0 bridgehead atoms. The molecule has 1 aromatic rings. The molecular weight excluding hydrogens is 378 g/mol. The van der Waals surface area contributed by atoms with Crippen LogP contribution in [-0.4, -0.2) is 65.7 Å². The molecule has 0 N–H and O–H groups in total. The van der Waals surface area contributed by atoms with Crippen molar-refractivity contribution in [1.82, 2.24) is 14.9 Å². The van der Waals surface area contributed by atoms with Gasteiger partial charge in [0.15, 0.2) is 0 Å². The SMILES string of the molecule is CCC(C)(OC(=O)N(C)[C@H](Cc1ccccc1)C(=O)N(C)N1CCCCC1)C(C)C. The van der Waals surface area contributed by atoms with Crippen LogP contribution in [0.4, 0.5) is 4.79 Å². The molecule has 0 aromatic heterocycles. The van der Waals surface area contributed by atoms with Gasteiger partial charge in [-0.15, -0.1) is 0 Å². The summed E-state index contributed by atoms with van der Waals surface area (Å²) in [7, 11) is 3.49. The molecule has 6 heteroatoms. The van der Waals surface area contributed by atoms with Crippen LogP contribution in [0.5, 0.6) is 0 Å². The largest absolute Gasteiger partial charge is 0.443 e. The minimum absolute atomic E-state index is 0.0806. The fourth-order valence-corrected chi connectivity index (χ4v) is 3.76. The Kier molecular flexibility index (Phi) is 8.71. The summed E-state index contributed by atoms with van der Waals surface area (Å²) in [6, 6.07) is 9.22. The quantitative estimate of drug-likeness (QED) is 0.631. The molecule has 1 fully saturated rings. The average Bonchev–Trinajstić information content (AvgIpc) is 2.77. The number of amides is 2. The first-order chi connectivity index (χ1) is 14.2. The third-order valence-electron chi connectivity index (χ3n) is 6.63. The monoisotopic (exact) mass is 417 g/mol. The van der Waals surface area contributed by atoms with E-state index in [4.69, 9.17) is 4.74 Å². The average molecular weight is 418 g/mol. The molecule has 0 radical (unpaired) electrons. The van der Waals surface area contributed by atoms with Crippen LogP contribution in [0.25, 0.3) is 0 Å². The molecule has 2 rings (SSSR count). The zero-order valence-electron chi connectivity index (χ0n) is 19.6. The van der Waals surface area contributed by atoms with Crippen molar-refractivity contribution < 1.29 is 14.3 Å². The van der Waals surface area contributed by atoms with Gasteiger partial charge in [0.1, 0.15) is 11.6 Å². The van der Waals surface area contributed by atoms with E-state index in [9.17, 15) is 9.59 Å². The van der Waals surface area contributed by atoms with Crippen molar-refractivity contribution in [3.63, 3.8) is 0 Å². The molecule has 1 aromatic carbocycles. The summed E-state index contributed by atoms with van der Waals surface area (Å²) < 4.78 is 5.91. The van der Waals surface area contributed by atoms with Gasteiger partial charge in [-0.2, -0.15) is 0 Å². The van der Waals surface area contributed by atoms with E-state index < -0.39 is 17.7 Å². The van der Waals surface area contributed by atoms with Crippen LogP contribution in [0, 0.1) is 5.92 Å². The number of hydrogen-bond acceptors (Lipinski definition) is 4. The van der Waals surface area contributed by atoms with Crippen molar-refractivity contribution in [2.24, 2.45) is 5.92 Å². The topological polar surface area (TPSA) is 53.1 Å². The second-order valence-electron chi connectivity index (χ2n) is 8.88. The van der Waals surface area contributed by atoms with Gasteiger partial charge in [0, 0.05) is 33.6 Å². The molecular formula is C24H39N3O3. The molecule has 1 aliphatic heterocycles. The van der Waals surface area contributed by atoms with Gasteiger partial charge < -0.3 is 4.74 Å². The summed E-state index contributed by atoms with van der Waals surface area (Å²) in [4.78, 5) is 28.1. The predicted molar refractivity (Wildman–Crippen MR) is 120 cm³/mol. The maximum Gasteiger partial charge on any atom is 0.410 e. The highest BCUT2D eigenvalue weighted by Gasteiger charge is 2.37. The van der Waals surface area contributed by atoms with Gasteiger partial charge in [-0.1, -0.05) is 57.5 Å². The van der Waals surface area contributed by atoms with Gasteiger partial charge in [-0.3, -0.25) is 14.7 Å². The zero-order chi connectivity index (χ0) is 22.3. The fourth-order valence-electron chi connectivity index (χ4n) is 3.76. The number of benzene rings is 1. The van der Waals surface area contributed by atoms with Crippen LogP contribution < -0.4 is 0 Å². The molecule has 6 nitrogen and oxygen atoms in total. The van der Waals surface area contributed by atoms with Crippen LogP contribution in [0.1, 0.15) is 58.9 Å². The van der Waals surface area contributed by atoms with Crippen molar-refractivity contribution >= 4 is 12.0 Å². The van der Waals surface area contributed by atoms with E-state index in [0.717, 1.165) is 37.9 Å². The van der Waals surface area contributed by atoms with Gasteiger partial charge in [0.05, 0.1) is 0 Å². The molecule has 1 saturated heterocycles. The summed E-state index contributed by atoms with van der Waals surface area (Å²) in [6.45, 7) is 9.81. The summed E-state index contributed by atoms with van der Waals surface area (Å²) in [5, 5.41) is 3.80. The second-order valence-corrected chi connectivity index (χ2v) is 8.88. The molecule has 0 aliphatic carbocycles. The third kappa shape index (κ3) is 5.97. The van der Waals surface area contributed by atoms with Gasteiger partial charge in [-0.05, 0) is 37.7 Å². The Labute approximate surface area is 182 Å². The number of hydrogen-bond donors (Lipinski definition) is 0. The summed E-state index contributed by atoms with van der Waals surface area (Å²) in [5.74, 6) is 0.0992. The number of nitrogens with zero attached hydrogens (tertiary/aromatic N) is 3. The lowest BCUT2D eigenvalue weighted by Gasteiger charge is -2.39. The minimum Gasteiger partial charge on any atom is -0.443 e. The van der Waals surface area contributed by atoms with Gasteiger partial charge in [0.2, 0.25) is 0 Å². The molecule has 1 heterocycles. The third-order valence-corrected chi connectivity index (χ3v) is 6.63. The molecule has 0 spiro atoms. The van der Waals surface area contributed by atoms with E-state index in [2.05, 4.69) is 5.01 Å². The lowest BCUT2D eigenvalue weighted by molar-refractivity contribution is -0.152. The molecule has 2 amide bonds. The Balaban J connectivity index is 2.23. The number of rotatable bonds is 8. The second kappa shape index (κ2) is 10.8. The summed E-state index contributed by atoms with van der Waals surface area (Å²) in [6.07, 6.45) is 4.09. The Bertz CT molecular complexity index is 688. The van der Waals surface area contributed by atoms with Crippen LogP contribution in [0.15, 0.2) is 30.3 Å². The molecule has 1 aliphatic rings. The standard InChI is InChI=1S/C24H39N3O3/c1-7-24(4,19(2)3)30-23(29)25(5)21(18-20-14-10-8-11-15-20)22(28)26(6)27-16-12-9-13-17-27/h8,10-11,14-15,19,21H,7,9,12-13,16-18H2,1-6H3/t21-,24?/m1/s1. The molecule has 30 heavy (non-hydrogen) atoms. The van der Waals surface area contributed by atoms with E-state index in [1.54, 1.807) is 12.1 Å². The lowest BCUT2D eigenvalue weighted by Crippen LogP contribution is -2.56. The van der Waals surface area contributed by atoms with E-state index in [1.165, 1.54) is 11.3 Å². The Morgan fingerprint density at radius 1 is 1.10 bits per heavy atom. The highest BCUT2D eigenvalue weighted by molar-refractivity contribution is 5.85. The molecule has 2 atom stereocenters. The number of likely N-dealkylation sites (N-methyl/N-ethyl adjacent to an activating group) is 2. The van der Waals surface area contributed by atoms with Gasteiger partial charge >= 0.3 is 6.09 Å². The number of carbonyl (C=O) groups excluding carboxylic acids is 2. The fraction of sp³-hybridized carbons (Fsp3) is 0.667. The maximum atomic E-state index is 13.5. The molecule has 168 valence electrons. The van der Waals surface area contributed by atoms with Crippen LogP contribution in [-0.2, 0) is 16.0 Å². The van der Waals surface area contributed by atoms with E-state index >= 15 is 0 Å². The zero-order valence-corrected chi connectivity index (χ0v) is 19.6. The van der Waals surface area contributed by atoms with Crippen molar-refractivity contribution in [3.8, 4) is 0 Å². The highest BCUT2D eigenvalue weighted by Crippen LogP contribution is 2.27. The van der Waals surface area contributed by atoms with Gasteiger partial charge in [-0.25, -0.2) is 9.80 Å². The van der Waals surface area contributed by atoms with E-state index in [0.29, 0.717) is 6.42 Å². The first-order valence-corrected chi connectivity index (χ1v) is 11.2. The number of hydrazine groups is 1. The summed E-state index contributed by atoms with van der Waals surface area (Å²) in [5.41, 5.74) is 0.453. The number of piperidine rings is 1. The van der Waals surface area contributed by atoms with E-state index in [-0.39, 0.29) is 11.8 Å². The van der Waals surface area contributed by atoms with Crippen LogP contribution in [0.3, 0.4) is 0 Å². The smallest absolute Gasteiger partial charge is 0.410 e. The van der Waals surface area contributed by atoms with Crippen molar-refractivity contribution in [1.29, 1.82) is 0 Å². The molecule has 1 unspecified atom stereocenters. The van der Waals surface area contributed by atoms with Gasteiger partial charge in [0.25, 0.3) is 5.91 Å².